The molecule has 0 spiro atoms. The van der Waals surface area contributed by atoms with E-state index < -0.39 is 50.0 Å². The third kappa shape index (κ3) is 6.27. The lowest BCUT2D eigenvalue weighted by Gasteiger charge is -2.32. The topological polar surface area (TPSA) is 122 Å². The fraction of sp³-hybridized carbons (Fsp3) is 0.235. The lowest BCUT2D eigenvalue weighted by Crippen LogP contribution is -2.41. The summed E-state index contributed by atoms with van der Waals surface area (Å²) in [5.41, 5.74) is 1.43. The summed E-state index contributed by atoms with van der Waals surface area (Å²) in [6, 6.07) is 17.1. The average Bonchev–Trinajstić information content (AvgIpc) is 3.69. The van der Waals surface area contributed by atoms with Gasteiger partial charge in [0, 0.05) is 28.6 Å². The van der Waals surface area contributed by atoms with Crippen molar-refractivity contribution in [2.24, 2.45) is 0 Å². The van der Waals surface area contributed by atoms with Crippen LogP contribution < -0.4 is 5.46 Å². The van der Waals surface area contributed by atoms with Crippen LogP contribution in [-0.4, -0.2) is 53.1 Å². The molecule has 49 heavy (non-hydrogen) atoms. The largest absolute Gasteiger partial charge is 0.497 e. The molecule has 0 saturated carbocycles. The summed E-state index contributed by atoms with van der Waals surface area (Å²) in [5, 5.41) is 0.778. The van der Waals surface area contributed by atoms with E-state index in [1.165, 1.54) is 42.7 Å². The second-order valence-electron chi connectivity index (χ2n) is 12.8. The summed E-state index contributed by atoms with van der Waals surface area (Å²) in [4.78, 5) is 8.20. The number of halogens is 2. The zero-order valence-corrected chi connectivity index (χ0v) is 29.2. The Morgan fingerprint density at radius 2 is 1.14 bits per heavy atom. The van der Waals surface area contributed by atoms with E-state index in [0.29, 0.717) is 16.2 Å². The van der Waals surface area contributed by atoms with Crippen molar-refractivity contribution in [1.29, 1.82) is 0 Å². The van der Waals surface area contributed by atoms with Crippen LogP contribution in [0.1, 0.15) is 38.8 Å². The molecule has 15 heteroatoms. The minimum Gasteiger partial charge on any atom is -0.399 e. The Balaban J connectivity index is 0.000000182. The smallest absolute Gasteiger partial charge is 0.399 e. The number of rotatable bonds is 5. The monoisotopic (exact) mass is 706 g/mol. The number of pyridine rings is 2. The van der Waals surface area contributed by atoms with Gasteiger partial charge in [0.15, 0.2) is 11.3 Å². The molecule has 0 amide bonds. The van der Waals surface area contributed by atoms with Crippen LogP contribution in [0.4, 0.5) is 8.78 Å². The molecule has 7 rings (SSSR count). The van der Waals surface area contributed by atoms with E-state index in [4.69, 9.17) is 9.31 Å². The maximum atomic E-state index is 14.0. The molecule has 0 unspecified atom stereocenters. The lowest BCUT2D eigenvalue weighted by atomic mass is 9.79. The predicted octanol–water partition coefficient (Wildman–Crippen LogP) is 5.74. The molecule has 1 saturated heterocycles. The number of aromatic nitrogens is 4. The zero-order valence-electron chi connectivity index (χ0n) is 27.5. The van der Waals surface area contributed by atoms with Gasteiger partial charge in [-0.15, -0.1) is 0 Å². The van der Waals surface area contributed by atoms with Gasteiger partial charge in [-0.3, -0.25) is 0 Å². The first-order chi connectivity index (χ1) is 22.9. The molecule has 0 bridgehead atoms. The number of hydrogen-bond donors (Lipinski definition) is 0. The number of aryl methyl sites for hydroxylation is 2. The summed E-state index contributed by atoms with van der Waals surface area (Å²) in [6.45, 7) is 11.3. The predicted molar refractivity (Wildman–Crippen MR) is 183 cm³/mol. The van der Waals surface area contributed by atoms with Crippen molar-refractivity contribution in [3.05, 3.63) is 114 Å². The van der Waals surface area contributed by atoms with Crippen LogP contribution in [0.15, 0.2) is 101 Å². The molecule has 0 aliphatic carbocycles. The zero-order chi connectivity index (χ0) is 35.5. The van der Waals surface area contributed by atoms with E-state index >= 15 is 0 Å². The van der Waals surface area contributed by atoms with Crippen molar-refractivity contribution in [2.45, 2.75) is 62.5 Å². The van der Waals surface area contributed by atoms with E-state index in [9.17, 15) is 25.6 Å². The molecule has 5 heterocycles. The Morgan fingerprint density at radius 3 is 1.67 bits per heavy atom. The molecule has 10 nitrogen and oxygen atoms in total. The summed E-state index contributed by atoms with van der Waals surface area (Å²) >= 11 is 0. The Labute approximate surface area is 283 Å². The van der Waals surface area contributed by atoms with Crippen molar-refractivity contribution in [3.63, 3.8) is 0 Å². The van der Waals surface area contributed by atoms with Crippen molar-refractivity contribution in [3.8, 4) is 0 Å². The van der Waals surface area contributed by atoms with Crippen molar-refractivity contribution >= 4 is 54.7 Å². The normalized spacial score (nSPS) is 15.8. The van der Waals surface area contributed by atoms with Crippen LogP contribution in [-0.2, 0) is 29.4 Å². The van der Waals surface area contributed by atoms with Crippen molar-refractivity contribution < 1.29 is 34.9 Å². The second kappa shape index (κ2) is 12.2. The molecule has 6 aromatic rings. The van der Waals surface area contributed by atoms with Gasteiger partial charge in [0.2, 0.25) is 0 Å². The Bertz CT molecular complexity index is 2410. The van der Waals surface area contributed by atoms with Gasteiger partial charge in [0.05, 0.1) is 33.4 Å². The molecule has 1 aliphatic rings. The minimum atomic E-state index is -3.94. The molecule has 1 fully saturated rings. The molecule has 2 aromatic carbocycles. The molecule has 1 aliphatic heterocycles. The summed E-state index contributed by atoms with van der Waals surface area (Å²) < 4.78 is 92.9. The molecule has 0 radical (unpaired) electrons. The fourth-order valence-electron chi connectivity index (χ4n) is 5.23. The van der Waals surface area contributed by atoms with Gasteiger partial charge >= 0.3 is 7.12 Å². The summed E-state index contributed by atoms with van der Waals surface area (Å²) in [7, 11) is -8.51. The first kappa shape index (κ1) is 34.4. The van der Waals surface area contributed by atoms with E-state index in [-0.39, 0.29) is 21.1 Å². The van der Waals surface area contributed by atoms with Crippen LogP contribution in [0.2, 0.25) is 0 Å². The molecular formula is C34H33BF2N4O6S2. The third-order valence-electron chi connectivity index (χ3n) is 8.73. The molecule has 4 aromatic heterocycles. The number of hydrogen-bond acceptors (Lipinski definition) is 8. The highest BCUT2D eigenvalue weighted by atomic mass is 32.2. The summed E-state index contributed by atoms with van der Waals surface area (Å²) in [6.07, 6.45) is 4.79. The SMILES string of the molecule is Cc1ccc(S(=O)(=O)n2cc(B3OC(C)(C)C(C)(C)O3)c3cc(F)cnc32)cc1.Cc1ccc(S(=O)(=O)n2ccc3cc(F)cnc32)cc1. The van der Waals surface area contributed by atoms with Crippen LogP contribution in [0.3, 0.4) is 0 Å². The first-order valence-corrected chi connectivity index (χ1v) is 18.1. The second-order valence-corrected chi connectivity index (χ2v) is 16.4. The van der Waals surface area contributed by atoms with Gasteiger partial charge < -0.3 is 9.31 Å². The fourth-order valence-corrected chi connectivity index (χ4v) is 7.87. The highest BCUT2D eigenvalue weighted by molar-refractivity contribution is 7.90. The maximum Gasteiger partial charge on any atom is 0.497 e. The Morgan fingerprint density at radius 1 is 0.673 bits per heavy atom. The average molecular weight is 707 g/mol. The van der Waals surface area contributed by atoms with E-state index in [1.54, 1.807) is 36.4 Å². The third-order valence-corrected chi connectivity index (χ3v) is 12.1. The highest BCUT2D eigenvalue weighted by Gasteiger charge is 2.52. The van der Waals surface area contributed by atoms with Gasteiger partial charge in [-0.2, -0.15) is 0 Å². The molecule has 0 atom stereocenters. The number of benzene rings is 2. The Kier molecular flexibility index (Phi) is 8.54. The van der Waals surface area contributed by atoms with Crippen LogP contribution in [0.5, 0.6) is 0 Å². The van der Waals surface area contributed by atoms with Gasteiger partial charge in [-0.05, 0) is 84.0 Å². The first-order valence-electron chi connectivity index (χ1n) is 15.2. The standard InChI is InChI=1S/C20H22BFN2O4S.C14H11FN2O2S/c1-13-6-8-15(9-7-13)29(25,26)24-12-17(16-10-14(22)11-23-18(16)24)21-27-19(2,3)20(4,5)28-21;1-10-2-4-13(5-3-10)20(18,19)17-7-6-11-8-12(15)9-16-14(11)17/h6-12H,1-5H3;2-9H,1H3. The van der Waals surface area contributed by atoms with Crippen LogP contribution >= 0.6 is 0 Å². The van der Waals surface area contributed by atoms with Crippen LogP contribution in [0.25, 0.3) is 22.1 Å². The minimum absolute atomic E-state index is 0.117. The molecular weight excluding hydrogens is 673 g/mol. The van der Waals surface area contributed by atoms with Crippen molar-refractivity contribution in [1.82, 2.24) is 17.9 Å². The Hall–Kier alpha value is -4.44. The van der Waals surface area contributed by atoms with Gasteiger partial charge in [0.1, 0.15) is 11.6 Å². The quantitative estimate of drug-likeness (QED) is 0.208. The van der Waals surface area contributed by atoms with Gasteiger partial charge in [-0.1, -0.05) is 35.4 Å². The van der Waals surface area contributed by atoms with Crippen molar-refractivity contribution in [2.75, 3.05) is 0 Å². The van der Waals surface area contributed by atoms with Gasteiger partial charge in [-0.25, -0.2) is 43.5 Å². The number of nitrogens with zero attached hydrogens (tertiary/aromatic N) is 4. The molecule has 0 N–H and O–H groups in total. The number of fused-ring (bicyclic) bond motifs is 2. The highest BCUT2D eigenvalue weighted by Crippen LogP contribution is 2.37. The van der Waals surface area contributed by atoms with Crippen LogP contribution in [0, 0.1) is 25.5 Å². The van der Waals surface area contributed by atoms with E-state index in [0.717, 1.165) is 31.5 Å². The van der Waals surface area contributed by atoms with Gasteiger partial charge in [0.25, 0.3) is 20.0 Å². The maximum absolute atomic E-state index is 14.0. The lowest BCUT2D eigenvalue weighted by molar-refractivity contribution is 0.00578. The summed E-state index contributed by atoms with van der Waals surface area (Å²) in [5.74, 6) is -1.07. The van der Waals surface area contributed by atoms with E-state index in [1.807, 2.05) is 41.5 Å². The van der Waals surface area contributed by atoms with E-state index in [2.05, 4.69) is 9.97 Å². The molecule has 254 valence electrons.